The van der Waals surface area contributed by atoms with E-state index in [1.165, 1.54) is 19.4 Å². The second-order valence-electron chi connectivity index (χ2n) is 5.11. The number of hydrazone groups is 1. The molecule has 28 heavy (non-hydrogen) atoms. The third-order valence-corrected chi connectivity index (χ3v) is 3.93. The van der Waals surface area contributed by atoms with E-state index in [9.17, 15) is 20.2 Å². The zero-order valence-corrected chi connectivity index (χ0v) is 16.0. The molecule has 0 saturated heterocycles. The summed E-state index contributed by atoms with van der Waals surface area (Å²) in [6, 6.07) is 6.52. The number of nitro groups is 2. The van der Waals surface area contributed by atoms with Crippen molar-refractivity contribution < 1.29 is 19.3 Å². The lowest BCUT2D eigenvalue weighted by atomic mass is 10.2. The largest absolute Gasteiger partial charge is 0.493 e. The molecule has 11 heteroatoms. The van der Waals surface area contributed by atoms with E-state index in [0.717, 1.165) is 12.1 Å². The molecule has 0 heterocycles. The number of terminal acetylenes is 1. The Labute approximate surface area is 167 Å². The van der Waals surface area contributed by atoms with Gasteiger partial charge in [-0.15, -0.1) is 6.42 Å². The van der Waals surface area contributed by atoms with Crippen molar-refractivity contribution in [2.75, 3.05) is 19.1 Å². The van der Waals surface area contributed by atoms with Gasteiger partial charge in [0.25, 0.3) is 5.69 Å². The third-order valence-electron chi connectivity index (χ3n) is 3.34. The number of benzene rings is 2. The predicted molar refractivity (Wildman–Crippen MR) is 106 cm³/mol. The molecule has 0 amide bonds. The molecule has 144 valence electrons. The monoisotopic (exact) mass is 448 g/mol. The average molecular weight is 449 g/mol. The van der Waals surface area contributed by atoms with Crippen LogP contribution in [-0.2, 0) is 0 Å². The number of methoxy groups -OCH3 is 1. The number of rotatable bonds is 8. The molecule has 0 unspecified atom stereocenters. The van der Waals surface area contributed by atoms with Crippen molar-refractivity contribution in [3.8, 4) is 23.8 Å². The van der Waals surface area contributed by atoms with E-state index in [4.69, 9.17) is 15.9 Å². The molecule has 0 aliphatic heterocycles. The van der Waals surface area contributed by atoms with Gasteiger partial charge >= 0.3 is 5.69 Å². The van der Waals surface area contributed by atoms with Gasteiger partial charge in [0.2, 0.25) is 0 Å². The fraction of sp³-hybridized carbons (Fsp3) is 0.118. The summed E-state index contributed by atoms with van der Waals surface area (Å²) in [4.78, 5) is 20.4. The Balaban J connectivity index is 2.25. The molecular formula is C17H13BrN4O6. The first-order valence-corrected chi connectivity index (χ1v) is 8.32. The molecule has 0 aromatic heterocycles. The minimum absolute atomic E-state index is 0.00635. The van der Waals surface area contributed by atoms with Crippen LogP contribution in [0.2, 0.25) is 0 Å². The molecule has 0 aliphatic rings. The summed E-state index contributed by atoms with van der Waals surface area (Å²) < 4.78 is 11.2. The molecule has 1 N–H and O–H groups in total. The van der Waals surface area contributed by atoms with Gasteiger partial charge in [-0.05, 0) is 39.7 Å². The van der Waals surface area contributed by atoms with Crippen molar-refractivity contribution in [3.05, 3.63) is 60.6 Å². The number of ether oxygens (including phenoxy) is 2. The van der Waals surface area contributed by atoms with Crippen LogP contribution in [0, 0.1) is 32.6 Å². The van der Waals surface area contributed by atoms with Crippen LogP contribution in [-0.4, -0.2) is 29.8 Å². The SMILES string of the molecule is C#CCOc1c(Br)cc(/C=N\Nc2ccc([N+](=O)[O-])cc2[N+](=O)[O-])cc1OC. The summed E-state index contributed by atoms with van der Waals surface area (Å²) in [6.45, 7) is 0.0633. The fourth-order valence-electron chi connectivity index (χ4n) is 2.12. The summed E-state index contributed by atoms with van der Waals surface area (Å²) in [7, 11) is 1.46. The lowest BCUT2D eigenvalue weighted by Gasteiger charge is -2.11. The first-order chi connectivity index (χ1) is 13.4. The Morgan fingerprint density at radius 3 is 2.64 bits per heavy atom. The summed E-state index contributed by atoms with van der Waals surface area (Å²) >= 11 is 3.35. The van der Waals surface area contributed by atoms with Gasteiger partial charge in [0, 0.05) is 6.07 Å². The van der Waals surface area contributed by atoms with E-state index in [-0.39, 0.29) is 12.3 Å². The number of non-ortho nitro benzene ring substituents is 1. The topological polar surface area (TPSA) is 129 Å². The minimum atomic E-state index is -0.734. The highest BCUT2D eigenvalue weighted by molar-refractivity contribution is 9.10. The number of halogens is 1. The maximum Gasteiger partial charge on any atom is 0.301 e. The van der Waals surface area contributed by atoms with E-state index >= 15 is 0 Å². The zero-order valence-electron chi connectivity index (χ0n) is 14.4. The molecule has 0 radical (unpaired) electrons. The van der Waals surface area contributed by atoms with Crippen LogP contribution in [0.5, 0.6) is 11.5 Å². The van der Waals surface area contributed by atoms with Crippen LogP contribution in [0.15, 0.2) is 39.9 Å². The van der Waals surface area contributed by atoms with Crippen molar-refractivity contribution in [2.24, 2.45) is 5.10 Å². The van der Waals surface area contributed by atoms with E-state index in [1.807, 2.05) is 0 Å². The average Bonchev–Trinajstić information content (AvgIpc) is 2.66. The second-order valence-corrected chi connectivity index (χ2v) is 5.97. The Morgan fingerprint density at radius 1 is 1.29 bits per heavy atom. The molecule has 0 bridgehead atoms. The fourth-order valence-corrected chi connectivity index (χ4v) is 2.70. The number of nitrogens with zero attached hydrogens (tertiary/aromatic N) is 3. The second kappa shape index (κ2) is 9.33. The van der Waals surface area contributed by atoms with Crippen LogP contribution in [0.25, 0.3) is 0 Å². The van der Waals surface area contributed by atoms with Gasteiger partial charge < -0.3 is 9.47 Å². The van der Waals surface area contributed by atoms with Crippen molar-refractivity contribution in [1.29, 1.82) is 0 Å². The Kier molecular flexibility index (Phi) is 6.89. The number of nitro benzene ring substituents is 2. The lowest BCUT2D eigenvalue weighted by Crippen LogP contribution is -2.00. The van der Waals surface area contributed by atoms with Gasteiger partial charge in [-0.3, -0.25) is 25.7 Å². The Morgan fingerprint density at radius 2 is 2.04 bits per heavy atom. The van der Waals surface area contributed by atoms with Gasteiger partial charge in [-0.25, -0.2) is 0 Å². The number of hydrogen-bond acceptors (Lipinski definition) is 8. The van der Waals surface area contributed by atoms with Crippen molar-refractivity contribution in [3.63, 3.8) is 0 Å². The van der Waals surface area contributed by atoms with Gasteiger partial charge in [-0.2, -0.15) is 5.10 Å². The normalized spacial score (nSPS) is 10.3. The van der Waals surface area contributed by atoms with Gasteiger partial charge in [0.05, 0.1) is 33.7 Å². The first kappa shape index (κ1) is 20.7. The van der Waals surface area contributed by atoms with E-state index in [1.54, 1.807) is 12.1 Å². The maximum absolute atomic E-state index is 11.1. The van der Waals surface area contributed by atoms with Crippen LogP contribution < -0.4 is 14.9 Å². The van der Waals surface area contributed by atoms with E-state index < -0.39 is 21.2 Å². The van der Waals surface area contributed by atoms with Crippen LogP contribution in [0.3, 0.4) is 0 Å². The van der Waals surface area contributed by atoms with Crippen molar-refractivity contribution >= 4 is 39.2 Å². The third kappa shape index (κ3) is 4.95. The molecule has 2 aromatic rings. The van der Waals surface area contributed by atoms with Crippen LogP contribution in [0.1, 0.15) is 5.56 Å². The molecule has 10 nitrogen and oxygen atoms in total. The molecule has 0 spiro atoms. The summed E-state index contributed by atoms with van der Waals surface area (Å²) in [5, 5.41) is 25.8. The van der Waals surface area contributed by atoms with E-state index in [2.05, 4.69) is 32.4 Å². The van der Waals surface area contributed by atoms with E-state index in [0.29, 0.717) is 21.5 Å². The van der Waals surface area contributed by atoms with Gasteiger partial charge in [-0.1, -0.05) is 5.92 Å². The minimum Gasteiger partial charge on any atom is -0.493 e. The Hall–Kier alpha value is -3.65. The molecule has 0 saturated carbocycles. The first-order valence-electron chi connectivity index (χ1n) is 7.53. The maximum atomic E-state index is 11.1. The van der Waals surface area contributed by atoms with Crippen molar-refractivity contribution in [2.45, 2.75) is 0 Å². The zero-order chi connectivity index (χ0) is 20.7. The highest BCUT2D eigenvalue weighted by atomic mass is 79.9. The number of anilines is 1. The highest BCUT2D eigenvalue weighted by Crippen LogP contribution is 2.36. The van der Waals surface area contributed by atoms with Gasteiger partial charge in [0.15, 0.2) is 11.5 Å². The van der Waals surface area contributed by atoms with Crippen molar-refractivity contribution in [1.82, 2.24) is 0 Å². The number of hydrogen-bond donors (Lipinski definition) is 1. The Bertz CT molecular complexity index is 986. The predicted octanol–water partition coefficient (Wildman–Crippen LogP) is 3.73. The molecule has 0 atom stereocenters. The van der Waals surface area contributed by atoms with Crippen LogP contribution >= 0.6 is 15.9 Å². The summed E-state index contributed by atoms with van der Waals surface area (Å²) in [5.74, 6) is 3.19. The molecule has 0 aliphatic carbocycles. The molecular weight excluding hydrogens is 436 g/mol. The lowest BCUT2D eigenvalue weighted by molar-refractivity contribution is -0.393. The standard InChI is InChI=1S/C17H13BrN4O6/c1-3-6-28-17-13(18)7-11(8-16(17)27-2)10-19-20-14-5-4-12(21(23)24)9-15(14)22(25)26/h1,4-5,7-10,20H,6H2,2H3/b19-10-. The summed E-state index contributed by atoms with van der Waals surface area (Å²) in [6.07, 6.45) is 6.57. The quantitative estimate of drug-likeness (QED) is 0.281. The van der Waals surface area contributed by atoms with Gasteiger partial charge in [0.1, 0.15) is 12.3 Å². The molecule has 0 fully saturated rings. The summed E-state index contributed by atoms with van der Waals surface area (Å²) in [5.41, 5.74) is 2.24. The number of nitrogens with one attached hydrogen (secondary N) is 1. The highest BCUT2D eigenvalue weighted by Gasteiger charge is 2.19. The molecule has 2 rings (SSSR count). The van der Waals surface area contributed by atoms with Crippen LogP contribution in [0.4, 0.5) is 17.1 Å². The smallest absolute Gasteiger partial charge is 0.301 e. The molecule has 2 aromatic carbocycles.